The van der Waals surface area contributed by atoms with Gasteiger partial charge in [0.2, 0.25) is 0 Å². The molecule has 0 unspecified atom stereocenters. The predicted molar refractivity (Wildman–Crippen MR) is 57.7 cm³/mol. The summed E-state index contributed by atoms with van der Waals surface area (Å²) in [6, 6.07) is 8.19. The van der Waals surface area contributed by atoms with Crippen LogP contribution in [0.4, 0.5) is 0 Å². The summed E-state index contributed by atoms with van der Waals surface area (Å²) in [5.74, 6) is 1.72. The van der Waals surface area contributed by atoms with Crippen molar-refractivity contribution >= 4 is 0 Å². The molecule has 1 aliphatic rings. The average Bonchev–Trinajstić information content (AvgIpc) is 2.69. The van der Waals surface area contributed by atoms with Crippen LogP contribution in [0.1, 0.15) is 12.0 Å². The number of hydrogen-bond donors (Lipinski definition) is 1. The van der Waals surface area contributed by atoms with Crippen LogP contribution < -0.4 is 10.1 Å². The van der Waals surface area contributed by atoms with Crippen molar-refractivity contribution < 1.29 is 4.74 Å². The molecular weight excluding hydrogens is 174 g/mol. The highest BCUT2D eigenvalue weighted by atomic mass is 16.5. The highest BCUT2D eigenvalue weighted by Gasteiger charge is 2.14. The number of hydrogen-bond acceptors (Lipinski definition) is 2. The van der Waals surface area contributed by atoms with Crippen LogP contribution in [0.3, 0.4) is 0 Å². The van der Waals surface area contributed by atoms with Crippen LogP contribution in [-0.2, 0) is 0 Å². The molecule has 1 aliphatic heterocycles. The molecule has 1 N–H and O–H groups in total. The van der Waals surface area contributed by atoms with E-state index in [0.29, 0.717) is 5.92 Å². The van der Waals surface area contributed by atoms with E-state index in [9.17, 15) is 0 Å². The molecule has 0 radical (unpaired) electrons. The zero-order valence-corrected chi connectivity index (χ0v) is 8.62. The monoisotopic (exact) mass is 191 g/mol. The lowest BCUT2D eigenvalue weighted by atomic mass is 10.1. The van der Waals surface area contributed by atoms with Crippen LogP contribution in [0.15, 0.2) is 24.3 Å². The minimum atomic E-state index is 0.689. The third-order valence-corrected chi connectivity index (χ3v) is 2.73. The Balaban J connectivity index is 1.88. The molecule has 1 atom stereocenters. The topological polar surface area (TPSA) is 21.3 Å². The van der Waals surface area contributed by atoms with Gasteiger partial charge in [-0.05, 0) is 31.5 Å². The Bertz CT molecular complexity index is 292. The lowest BCUT2D eigenvalue weighted by molar-refractivity contribution is 0.258. The Labute approximate surface area is 85.3 Å². The summed E-state index contributed by atoms with van der Waals surface area (Å²) >= 11 is 0. The minimum Gasteiger partial charge on any atom is -0.493 e. The second-order valence-corrected chi connectivity index (χ2v) is 3.94. The number of ether oxygens (including phenoxy) is 1. The molecule has 1 aromatic carbocycles. The Morgan fingerprint density at radius 3 is 3.00 bits per heavy atom. The summed E-state index contributed by atoms with van der Waals surface area (Å²) in [6.07, 6.45) is 1.24. The molecule has 76 valence electrons. The maximum atomic E-state index is 5.78. The predicted octanol–water partition coefficient (Wildman–Crippen LogP) is 1.98. The third-order valence-electron chi connectivity index (χ3n) is 2.73. The number of para-hydroxylation sites is 1. The largest absolute Gasteiger partial charge is 0.493 e. The Morgan fingerprint density at radius 2 is 2.29 bits per heavy atom. The highest BCUT2D eigenvalue weighted by molar-refractivity contribution is 5.31. The van der Waals surface area contributed by atoms with Crippen LogP contribution >= 0.6 is 0 Å². The maximum Gasteiger partial charge on any atom is 0.122 e. The number of aryl methyl sites for hydroxylation is 1. The zero-order chi connectivity index (χ0) is 9.80. The van der Waals surface area contributed by atoms with E-state index < -0.39 is 0 Å². The molecule has 14 heavy (non-hydrogen) atoms. The summed E-state index contributed by atoms with van der Waals surface area (Å²) < 4.78 is 5.78. The zero-order valence-electron chi connectivity index (χ0n) is 8.62. The molecule has 1 aromatic rings. The van der Waals surface area contributed by atoms with E-state index in [0.717, 1.165) is 25.4 Å². The second-order valence-electron chi connectivity index (χ2n) is 3.94. The molecule has 2 rings (SSSR count). The number of nitrogens with one attached hydrogen (secondary N) is 1. The molecule has 2 nitrogen and oxygen atoms in total. The standard InChI is InChI=1S/C12H17NO/c1-10-4-2-3-5-12(10)14-9-11-6-7-13-8-11/h2-5,11,13H,6-9H2,1H3/t11-/m0/s1. The van der Waals surface area contributed by atoms with Crippen LogP contribution in [0.2, 0.25) is 0 Å². The lowest BCUT2D eigenvalue weighted by Gasteiger charge is -2.12. The van der Waals surface area contributed by atoms with Crippen molar-refractivity contribution in [2.45, 2.75) is 13.3 Å². The van der Waals surface area contributed by atoms with Gasteiger partial charge >= 0.3 is 0 Å². The van der Waals surface area contributed by atoms with E-state index in [1.807, 2.05) is 18.2 Å². The van der Waals surface area contributed by atoms with Gasteiger partial charge in [-0.25, -0.2) is 0 Å². The van der Waals surface area contributed by atoms with Crippen molar-refractivity contribution in [1.29, 1.82) is 0 Å². The first-order valence-electron chi connectivity index (χ1n) is 5.25. The smallest absolute Gasteiger partial charge is 0.122 e. The first kappa shape index (κ1) is 9.53. The van der Waals surface area contributed by atoms with Crippen molar-refractivity contribution in [3.63, 3.8) is 0 Å². The molecular formula is C12H17NO. The molecule has 1 heterocycles. The summed E-state index contributed by atoms with van der Waals surface area (Å²) in [6.45, 7) is 5.17. The van der Waals surface area contributed by atoms with Gasteiger partial charge in [0.15, 0.2) is 0 Å². The fourth-order valence-electron chi connectivity index (χ4n) is 1.78. The van der Waals surface area contributed by atoms with Gasteiger partial charge in [0.1, 0.15) is 5.75 Å². The van der Waals surface area contributed by atoms with Crippen LogP contribution in [0.25, 0.3) is 0 Å². The van der Waals surface area contributed by atoms with Gasteiger partial charge in [0.25, 0.3) is 0 Å². The SMILES string of the molecule is Cc1ccccc1OC[C@H]1CCNC1. The van der Waals surface area contributed by atoms with E-state index in [4.69, 9.17) is 4.74 Å². The molecule has 0 aliphatic carbocycles. The summed E-state index contributed by atoms with van der Waals surface area (Å²) in [5.41, 5.74) is 1.22. The maximum absolute atomic E-state index is 5.78. The minimum absolute atomic E-state index is 0.689. The van der Waals surface area contributed by atoms with Crippen LogP contribution in [0, 0.1) is 12.8 Å². The first-order chi connectivity index (χ1) is 6.86. The third kappa shape index (κ3) is 2.26. The van der Waals surface area contributed by atoms with Crippen LogP contribution in [0.5, 0.6) is 5.75 Å². The van der Waals surface area contributed by atoms with Gasteiger partial charge in [0.05, 0.1) is 6.61 Å². The summed E-state index contributed by atoms with van der Waals surface area (Å²) in [4.78, 5) is 0. The van der Waals surface area contributed by atoms with Gasteiger partial charge in [0, 0.05) is 12.5 Å². The number of benzene rings is 1. The first-order valence-corrected chi connectivity index (χ1v) is 5.25. The summed E-state index contributed by atoms with van der Waals surface area (Å²) in [7, 11) is 0. The normalized spacial score (nSPS) is 21.1. The Hall–Kier alpha value is -1.02. The van der Waals surface area contributed by atoms with E-state index in [1.54, 1.807) is 0 Å². The van der Waals surface area contributed by atoms with Crippen molar-refractivity contribution in [3.8, 4) is 5.75 Å². The Kier molecular flexibility index (Phi) is 3.04. The van der Waals surface area contributed by atoms with Gasteiger partial charge in [-0.3, -0.25) is 0 Å². The molecule has 0 saturated carbocycles. The fraction of sp³-hybridized carbons (Fsp3) is 0.500. The van der Waals surface area contributed by atoms with Crippen molar-refractivity contribution in [2.24, 2.45) is 5.92 Å². The molecule has 0 bridgehead atoms. The van der Waals surface area contributed by atoms with Gasteiger partial charge in [-0.15, -0.1) is 0 Å². The van der Waals surface area contributed by atoms with Gasteiger partial charge in [-0.1, -0.05) is 18.2 Å². The fourth-order valence-corrected chi connectivity index (χ4v) is 1.78. The molecule has 0 spiro atoms. The van der Waals surface area contributed by atoms with E-state index in [2.05, 4.69) is 18.3 Å². The molecule has 0 amide bonds. The van der Waals surface area contributed by atoms with Gasteiger partial charge < -0.3 is 10.1 Å². The molecule has 1 fully saturated rings. The van der Waals surface area contributed by atoms with E-state index >= 15 is 0 Å². The lowest BCUT2D eigenvalue weighted by Crippen LogP contribution is -2.15. The second kappa shape index (κ2) is 4.47. The van der Waals surface area contributed by atoms with Crippen LogP contribution in [-0.4, -0.2) is 19.7 Å². The van der Waals surface area contributed by atoms with Gasteiger partial charge in [-0.2, -0.15) is 0 Å². The van der Waals surface area contributed by atoms with E-state index in [1.165, 1.54) is 12.0 Å². The average molecular weight is 191 g/mol. The number of rotatable bonds is 3. The molecule has 1 saturated heterocycles. The van der Waals surface area contributed by atoms with Crippen molar-refractivity contribution in [1.82, 2.24) is 5.32 Å². The quantitative estimate of drug-likeness (QED) is 0.789. The van der Waals surface area contributed by atoms with E-state index in [-0.39, 0.29) is 0 Å². The highest BCUT2D eigenvalue weighted by Crippen LogP contribution is 2.18. The Morgan fingerprint density at radius 1 is 1.43 bits per heavy atom. The van der Waals surface area contributed by atoms with Crippen molar-refractivity contribution in [3.05, 3.63) is 29.8 Å². The molecule has 0 aromatic heterocycles. The van der Waals surface area contributed by atoms with Crippen molar-refractivity contribution in [2.75, 3.05) is 19.7 Å². The summed E-state index contributed by atoms with van der Waals surface area (Å²) in [5, 5.41) is 3.34. The molecule has 2 heteroatoms.